The van der Waals surface area contributed by atoms with Crippen LogP contribution in [0.1, 0.15) is 13.8 Å². The van der Waals surface area contributed by atoms with E-state index in [0.717, 1.165) is 5.69 Å². The quantitative estimate of drug-likeness (QED) is 0.623. The van der Waals surface area contributed by atoms with Gasteiger partial charge < -0.3 is 15.4 Å². The van der Waals surface area contributed by atoms with Crippen molar-refractivity contribution in [2.24, 2.45) is 0 Å². The van der Waals surface area contributed by atoms with Crippen molar-refractivity contribution in [3.8, 4) is 0 Å². The fraction of sp³-hybridized carbons (Fsp3) is 0.375. The van der Waals surface area contributed by atoms with Gasteiger partial charge in [0.15, 0.2) is 0 Å². The molecule has 0 spiro atoms. The summed E-state index contributed by atoms with van der Waals surface area (Å²) in [6.07, 6.45) is 3.07. The Hall–Kier alpha value is -0.775. The number of nitrogens with one attached hydrogen (secondary N) is 1. The summed E-state index contributed by atoms with van der Waals surface area (Å²) < 4.78 is 0. The van der Waals surface area contributed by atoms with Crippen LogP contribution in [0.15, 0.2) is 18.5 Å². The highest BCUT2D eigenvalue weighted by Crippen LogP contribution is 2.03. The van der Waals surface area contributed by atoms with Crippen LogP contribution in [0.3, 0.4) is 0 Å². The Kier molecular flexibility index (Phi) is 5.53. The van der Waals surface area contributed by atoms with E-state index in [1.807, 2.05) is 13.8 Å². The van der Waals surface area contributed by atoms with Crippen LogP contribution in [0.4, 0.5) is 5.69 Å². The molecular weight excluding hydrogens is 202 g/mol. The number of anilines is 1. The second-order valence-electron chi connectivity index (χ2n) is 3.18. The summed E-state index contributed by atoms with van der Waals surface area (Å²) in [6.45, 7) is 4.00. The maximum absolute atomic E-state index is 8.87. The van der Waals surface area contributed by atoms with Crippen LogP contribution in [0.2, 0.25) is 0 Å². The number of hydrogen-bond acceptors (Lipinski definition) is 4. The molecule has 0 aliphatic rings. The zero-order chi connectivity index (χ0) is 9.84. The number of halogens is 1. The number of hydrogen-bond donors (Lipinski definition) is 3. The lowest BCUT2D eigenvalue weighted by Gasteiger charge is -2.10. The fourth-order valence-corrected chi connectivity index (χ4v) is 1.01. The van der Waals surface area contributed by atoms with Gasteiger partial charge in [0, 0.05) is 23.9 Å². The molecule has 1 rings (SSSR count). The van der Waals surface area contributed by atoms with Crippen molar-refractivity contribution in [3.63, 3.8) is 0 Å². The molecule has 6 heteroatoms. The van der Waals surface area contributed by atoms with E-state index in [1.165, 1.54) is 6.20 Å². The summed E-state index contributed by atoms with van der Waals surface area (Å²) in [5, 5.41) is 20.9. The largest absolute Gasteiger partial charge is 0.490 e. The Balaban J connectivity index is 0.00000169. The molecule has 0 unspecified atom stereocenters. The molecule has 1 aromatic rings. The number of rotatable bonds is 3. The van der Waals surface area contributed by atoms with E-state index >= 15 is 0 Å². The van der Waals surface area contributed by atoms with Crippen LogP contribution in [0, 0.1) is 0 Å². The van der Waals surface area contributed by atoms with Crippen molar-refractivity contribution < 1.29 is 10.0 Å². The molecule has 0 fully saturated rings. The topological polar surface area (TPSA) is 65.4 Å². The maximum atomic E-state index is 8.87. The molecule has 78 valence electrons. The second kappa shape index (κ2) is 5.85. The molecule has 0 aliphatic heterocycles. The minimum Gasteiger partial charge on any atom is -0.423 e. The molecule has 4 nitrogen and oxygen atoms in total. The van der Waals surface area contributed by atoms with Crippen molar-refractivity contribution >= 4 is 30.7 Å². The van der Waals surface area contributed by atoms with E-state index in [-0.39, 0.29) is 12.4 Å². The third kappa shape index (κ3) is 3.96. The van der Waals surface area contributed by atoms with Crippen molar-refractivity contribution in [1.82, 2.24) is 4.98 Å². The Morgan fingerprint density at radius 2 is 2.00 bits per heavy atom. The standard InChI is InChI=1S/C8H13BN2O2.ClH/c1-6(2)11-8-3-7(9(12)13)4-10-5-8;/h3-6,11-13H,1-2H3;1H. The third-order valence-corrected chi connectivity index (χ3v) is 1.51. The normalized spacial score (nSPS) is 9.50. The molecule has 0 saturated heterocycles. The predicted molar refractivity (Wildman–Crippen MR) is 60.1 cm³/mol. The minimum absolute atomic E-state index is 0. The molecule has 0 atom stereocenters. The summed E-state index contributed by atoms with van der Waals surface area (Å²) in [7, 11) is -1.46. The molecule has 1 aromatic heterocycles. The van der Waals surface area contributed by atoms with Crippen LogP contribution in [-0.4, -0.2) is 28.2 Å². The Morgan fingerprint density at radius 3 is 2.50 bits per heavy atom. The van der Waals surface area contributed by atoms with Gasteiger partial charge in [0.1, 0.15) is 0 Å². The van der Waals surface area contributed by atoms with Gasteiger partial charge in [-0.25, -0.2) is 0 Å². The smallest absolute Gasteiger partial charge is 0.423 e. The lowest BCUT2D eigenvalue weighted by molar-refractivity contribution is 0.425. The summed E-state index contributed by atoms with van der Waals surface area (Å²) in [4.78, 5) is 3.88. The van der Waals surface area contributed by atoms with E-state index in [2.05, 4.69) is 10.3 Å². The average molecular weight is 216 g/mol. The molecule has 1 heterocycles. The minimum atomic E-state index is -1.46. The maximum Gasteiger partial charge on any atom is 0.490 e. The van der Waals surface area contributed by atoms with E-state index in [1.54, 1.807) is 12.3 Å². The summed E-state index contributed by atoms with van der Waals surface area (Å²) in [5.41, 5.74) is 1.19. The average Bonchev–Trinajstić information content (AvgIpc) is 2.03. The van der Waals surface area contributed by atoms with E-state index in [0.29, 0.717) is 11.5 Å². The molecule has 0 bridgehead atoms. The Labute approximate surface area is 89.9 Å². The van der Waals surface area contributed by atoms with Crippen LogP contribution in [-0.2, 0) is 0 Å². The van der Waals surface area contributed by atoms with Gasteiger partial charge >= 0.3 is 7.12 Å². The number of pyridine rings is 1. The van der Waals surface area contributed by atoms with Crippen LogP contribution in [0.5, 0.6) is 0 Å². The van der Waals surface area contributed by atoms with Gasteiger partial charge in [0.2, 0.25) is 0 Å². The highest BCUT2D eigenvalue weighted by molar-refractivity contribution is 6.58. The van der Waals surface area contributed by atoms with Crippen LogP contribution in [0.25, 0.3) is 0 Å². The monoisotopic (exact) mass is 216 g/mol. The first kappa shape index (κ1) is 13.2. The van der Waals surface area contributed by atoms with Gasteiger partial charge in [-0.2, -0.15) is 0 Å². The molecule has 0 aromatic carbocycles. The van der Waals surface area contributed by atoms with Gasteiger partial charge in [-0.05, 0) is 19.9 Å². The molecule has 0 aliphatic carbocycles. The number of nitrogens with zero attached hydrogens (tertiary/aromatic N) is 1. The van der Waals surface area contributed by atoms with Gasteiger partial charge in [0.05, 0.1) is 5.69 Å². The first-order chi connectivity index (χ1) is 6.09. The zero-order valence-corrected chi connectivity index (χ0v) is 8.95. The molecule has 14 heavy (non-hydrogen) atoms. The van der Waals surface area contributed by atoms with Crippen molar-refractivity contribution in [1.29, 1.82) is 0 Å². The van der Waals surface area contributed by atoms with Crippen molar-refractivity contribution in [2.45, 2.75) is 19.9 Å². The van der Waals surface area contributed by atoms with E-state index in [9.17, 15) is 0 Å². The second-order valence-corrected chi connectivity index (χ2v) is 3.18. The van der Waals surface area contributed by atoms with E-state index < -0.39 is 7.12 Å². The number of aromatic nitrogens is 1. The van der Waals surface area contributed by atoms with Gasteiger partial charge in [0.25, 0.3) is 0 Å². The van der Waals surface area contributed by atoms with Gasteiger partial charge in [-0.1, -0.05) is 0 Å². The lowest BCUT2D eigenvalue weighted by Crippen LogP contribution is -2.30. The third-order valence-electron chi connectivity index (χ3n) is 1.51. The fourth-order valence-electron chi connectivity index (χ4n) is 1.01. The SMILES string of the molecule is CC(C)Nc1cncc(B(O)O)c1.Cl. The Bertz CT molecular complexity index is 284. The van der Waals surface area contributed by atoms with Crippen LogP contribution >= 0.6 is 12.4 Å². The van der Waals surface area contributed by atoms with Crippen molar-refractivity contribution in [2.75, 3.05) is 5.32 Å². The first-order valence-electron chi connectivity index (χ1n) is 4.17. The summed E-state index contributed by atoms with van der Waals surface area (Å²) in [6, 6.07) is 1.96. The molecule has 0 radical (unpaired) electrons. The Morgan fingerprint density at radius 1 is 1.36 bits per heavy atom. The highest BCUT2D eigenvalue weighted by Gasteiger charge is 2.11. The van der Waals surface area contributed by atoms with Crippen LogP contribution < -0.4 is 10.8 Å². The van der Waals surface area contributed by atoms with Crippen molar-refractivity contribution in [3.05, 3.63) is 18.5 Å². The zero-order valence-electron chi connectivity index (χ0n) is 8.14. The molecule has 3 N–H and O–H groups in total. The summed E-state index contributed by atoms with van der Waals surface area (Å²) >= 11 is 0. The lowest BCUT2D eigenvalue weighted by atomic mass is 9.81. The van der Waals surface area contributed by atoms with Gasteiger partial charge in [-0.15, -0.1) is 12.4 Å². The highest BCUT2D eigenvalue weighted by atomic mass is 35.5. The molecule has 0 amide bonds. The molecule has 0 saturated carbocycles. The first-order valence-corrected chi connectivity index (χ1v) is 4.17. The van der Waals surface area contributed by atoms with E-state index in [4.69, 9.17) is 10.0 Å². The summed E-state index contributed by atoms with van der Waals surface area (Å²) in [5.74, 6) is 0. The predicted octanol–water partition coefficient (Wildman–Crippen LogP) is 0.00350. The molecular formula is C8H14BClN2O2. The van der Waals surface area contributed by atoms with Gasteiger partial charge in [-0.3, -0.25) is 4.98 Å².